The number of rotatable bonds is 9. The van der Waals surface area contributed by atoms with E-state index in [1.807, 2.05) is 62.4 Å². The second kappa shape index (κ2) is 14.0. The number of halogens is 2. The molecule has 8 nitrogen and oxygen atoms in total. The van der Waals surface area contributed by atoms with Gasteiger partial charge in [0.15, 0.2) is 4.80 Å². The van der Waals surface area contributed by atoms with Gasteiger partial charge in [-0.15, -0.1) is 0 Å². The number of allylic oxidation sites excluding steroid dienone is 1. The van der Waals surface area contributed by atoms with Gasteiger partial charge in [-0.2, -0.15) is 5.26 Å². The molecule has 230 valence electrons. The van der Waals surface area contributed by atoms with Gasteiger partial charge in [-0.1, -0.05) is 63.7 Å². The van der Waals surface area contributed by atoms with Crippen LogP contribution in [-0.4, -0.2) is 23.2 Å². The smallest absolute Gasteiger partial charge is 0.338 e. The number of ether oxygens (including phenoxy) is 3. The fraction of sp³-hybridized carbons (Fsp3) is 0.235. The first kappa shape index (κ1) is 32.4. The molecule has 0 radical (unpaired) electrons. The van der Waals surface area contributed by atoms with Crippen LogP contribution in [0.2, 0.25) is 0 Å². The van der Waals surface area contributed by atoms with E-state index in [0.717, 1.165) is 10.0 Å². The fourth-order valence-corrected chi connectivity index (χ4v) is 7.45. The zero-order valence-electron chi connectivity index (χ0n) is 25.0. The van der Waals surface area contributed by atoms with E-state index in [1.54, 1.807) is 32.1 Å². The Labute approximate surface area is 281 Å². The Bertz CT molecular complexity index is 2040. The molecule has 5 rings (SSSR count). The maximum atomic E-state index is 14.3. The number of hydrogen-bond acceptors (Lipinski definition) is 8. The van der Waals surface area contributed by atoms with Crippen LogP contribution in [0.1, 0.15) is 56.0 Å². The van der Waals surface area contributed by atoms with Gasteiger partial charge in [0.2, 0.25) is 0 Å². The second-order valence-corrected chi connectivity index (χ2v) is 13.1. The predicted octanol–water partition coefficient (Wildman–Crippen LogP) is 6.56. The lowest BCUT2D eigenvalue weighted by molar-refractivity contribution is -0.139. The highest BCUT2D eigenvalue weighted by molar-refractivity contribution is 9.11. The summed E-state index contributed by atoms with van der Waals surface area (Å²) >= 11 is 8.37. The number of para-hydroxylation sites is 1. The summed E-state index contributed by atoms with van der Waals surface area (Å²) in [6.45, 7) is 7.66. The summed E-state index contributed by atoms with van der Waals surface area (Å²) in [5.74, 6) is 0.530. The third-order valence-corrected chi connectivity index (χ3v) is 8.96. The summed E-state index contributed by atoms with van der Waals surface area (Å²) in [5, 5.41) is 9.52. The zero-order valence-corrected chi connectivity index (χ0v) is 29.0. The second-order valence-electron chi connectivity index (χ2n) is 10.4. The number of esters is 1. The molecule has 45 heavy (non-hydrogen) atoms. The molecular formula is C34H29Br2N3O5S. The molecule has 0 fully saturated rings. The minimum atomic E-state index is -0.815. The summed E-state index contributed by atoms with van der Waals surface area (Å²) in [7, 11) is 0. The lowest BCUT2D eigenvalue weighted by atomic mass is 9.95. The number of carbonyl (C=O) groups is 1. The number of benzene rings is 3. The molecule has 1 aliphatic rings. The van der Waals surface area contributed by atoms with E-state index in [4.69, 9.17) is 19.2 Å². The number of hydrogen-bond donors (Lipinski definition) is 0. The quantitative estimate of drug-likeness (QED) is 0.180. The topological polar surface area (TPSA) is 103 Å². The van der Waals surface area contributed by atoms with Gasteiger partial charge in [-0.3, -0.25) is 9.36 Å². The molecule has 11 heteroatoms. The van der Waals surface area contributed by atoms with Crippen molar-refractivity contribution in [3.63, 3.8) is 0 Å². The average Bonchev–Trinajstić information content (AvgIpc) is 3.30. The molecule has 0 amide bonds. The van der Waals surface area contributed by atoms with Crippen molar-refractivity contribution in [2.24, 2.45) is 4.99 Å². The summed E-state index contributed by atoms with van der Waals surface area (Å²) in [5.41, 5.74) is 2.98. The molecule has 0 saturated heterocycles. The first-order chi connectivity index (χ1) is 21.6. The van der Waals surface area contributed by atoms with Gasteiger partial charge in [0.25, 0.3) is 5.56 Å². The van der Waals surface area contributed by atoms with Crippen LogP contribution in [0.4, 0.5) is 0 Å². The van der Waals surface area contributed by atoms with Gasteiger partial charge in [-0.25, -0.2) is 9.79 Å². The standard InChI is InChI=1S/C34H29Br2N3O5S/c1-5-42-33(41)29-20(4)38-34-39(30(29)25-12-8-9-13-27(25)44-19(2)3)32(40)28(45-34)15-23-14-24(35)16-26(36)31(23)43-18-22-11-7-6-10-21(22)17-37/h6-16,19,30H,5,18H2,1-4H3/b28-15-/t30-/m0/s1. The van der Waals surface area contributed by atoms with Crippen LogP contribution in [0.3, 0.4) is 0 Å². The Morgan fingerprint density at radius 2 is 1.89 bits per heavy atom. The molecule has 1 aliphatic heterocycles. The van der Waals surface area contributed by atoms with E-state index in [9.17, 15) is 14.9 Å². The van der Waals surface area contributed by atoms with Crippen LogP contribution in [-0.2, 0) is 16.1 Å². The van der Waals surface area contributed by atoms with Crippen LogP contribution in [0.15, 0.2) is 90.7 Å². The molecule has 2 heterocycles. The molecule has 0 unspecified atom stereocenters. The molecule has 1 aromatic heterocycles. The maximum Gasteiger partial charge on any atom is 0.338 e. The largest absolute Gasteiger partial charge is 0.491 e. The normalized spacial score (nSPS) is 14.5. The SMILES string of the molecule is CCOC(=O)C1=C(C)N=c2s/c(=C\c3cc(Br)cc(Br)c3OCc3ccccc3C#N)c(=O)n2[C@H]1c1ccccc1OC(C)C. The number of carbonyl (C=O) groups excluding carboxylic acids is 1. The first-order valence-electron chi connectivity index (χ1n) is 14.2. The van der Waals surface area contributed by atoms with Crippen LogP contribution in [0.5, 0.6) is 11.5 Å². The monoisotopic (exact) mass is 749 g/mol. The van der Waals surface area contributed by atoms with E-state index in [0.29, 0.717) is 47.7 Å². The van der Waals surface area contributed by atoms with E-state index < -0.39 is 12.0 Å². The minimum absolute atomic E-state index is 0.133. The van der Waals surface area contributed by atoms with E-state index in [1.165, 1.54) is 15.9 Å². The molecule has 0 N–H and O–H groups in total. The van der Waals surface area contributed by atoms with Gasteiger partial charge >= 0.3 is 5.97 Å². The predicted molar refractivity (Wildman–Crippen MR) is 180 cm³/mol. The first-order valence-corrected chi connectivity index (χ1v) is 16.6. The molecule has 0 saturated carbocycles. The van der Waals surface area contributed by atoms with Gasteiger partial charge in [0.1, 0.15) is 24.1 Å². The summed E-state index contributed by atoms with van der Waals surface area (Å²) < 4.78 is 21.2. The minimum Gasteiger partial charge on any atom is -0.491 e. The number of nitriles is 1. The summed E-state index contributed by atoms with van der Waals surface area (Å²) in [6.07, 6.45) is 1.62. The van der Waals surface area contributed by atoms with Gasteiger partial charge in [0.05, 0.1) is 44.6 Å². The molecule has 0 bridgehead atoms. The van der Waals surface area contributed by atoms with Crippen LogP contribution in [0, 0.1) is 11.3 Å². The van der Waals surface area contributed by atoms with E-state index in [2.05, 4.69) is 37.9 Å². The van der Waals surface area contributed by atoms with Crippen LogP contribution < -0.4 is 24.4 Å². The Kier molecular flexibility index (Phi) is 10.1. The van der Waals surface area contributed by atoms with Gasteiger partial charge < -0.3 is 14.2 Å². The third-order valence-electron chi connectivity index (χ3n) is 6.93. The van der Waals surface area contributed by atoms with Crippen LogP contribution in [0.25, 0.3) is 6.08 Å². The zero-order chi connectivity index (χ0) is 32.2. The van der Waals surface area contributed by atoms with Crippen molar-refractivity contribution in [3.05, 3.63) is 123 Å². The molecule has 3 aromatic carbocycles. The lowest BCUT2D eigenvalue weighted by Gasteiger charge is -2.26. The number of fused-ring (bicyclic) bond motifs is 1. The summed E-state index contributed by atoms with van der Waals surface area (Å²) in [6, 6.07) is 19.7. The van der Waals surface area contributed by atoms with Gasteiger partial charge in [-0.05, 0) is 74.0 Å². The molecule has 1 atom stereocenters. The average molecular weight is 751 g/mol. The lowest BCUT2D eigenvalue weighted by Crippen LogP contribution is -2.40. The molecular weight excluding hydrogens is 722 g/mol. The van der Waals surface area contributed by atoms with Crippen molar-refractivity contribution in [2.45, 2.75) is 46.4 Å². The fourth-order valence-electron chi connectivity index (χ4n) is 5.04. The highest BCUT2D eigenvalue weighted by Gasteiger charge is 2.35. The molecule has 4 aromatic rings. The van der Waals surface area contributed by atoms with Crippen LogP contribution >= 0.6 is 43.2 Å². The van der Waals surface area contributed by atoms with Crippen molar-refractivity contribution in [1.29, 1.82) is 5.26 Å². The summed E-state index contributed by atoms with van der Waals surface area (Å²) in [4.78, 5) is 32.8. The van der Waals surface area contributed by atoms with Crippen molar-refractivity contribution in [2.75, 3.05) is 6.61 Å². The number of aromatic nitrogens is 1. The Morgan fingerprint density at radius 1 is 1.16 bits per heavy atom. The van der Waals surface area contributed by atoms with Gasteiger partial charge in [0, 0.05) is 21.2 Å². The van der Waals surface area contributed by atoms with Crippen molar-refractivity contribution in [1.82, 2.24) is 4.57 Å². The number of thiazole rings is 1. The molecule has 0 spiro atoms. The third kappa shape index (κ3) is 6.83. The van der Waals surface area contributed by atoms with E-state index in [-0.39, 0.29) is 30.5 Å². The number of nitrogens with zero attached hydrogens (tertiary/aromatic N) is 3. The van der Waals surface area contributed by atoms with Crippen molar-refractivity contribution < 1.29 is 19.0 Å². The highest BCUT2D eigenvalue weighted by atomic mass is 79.9. The molecule has 0 aliphatic carbocycles. The van der Waals surface area contributed by atoms with Crippen molar-refractivity contribution >= 4 is 55.2 Å². The Balaban J connectivity index is 1.68. The van der Waals surface area contributed by atoms with E-state index >= 15 is 0 Å². The Morgan fingerprint density at radius 3 is 2.62 bits per heavy atom. The Hall–Kier alpha value is -3.98. The maximum absolute atomic E-state index is 14.3. The van der Waals surface area contributed by atoms with Crippen molar-refractivity contribution in [3.8, 4) is 17.6 Å². The highest BCUT2D eigenvalue weighted by Crippen LogP contribution is 2.37.